The summed E-state index contributed by atoms with van der Waals surface area (Å²) in [7, 11) is 3.11. The zero-order chi connectivity index (χ0) is 26.6. The first-order chi connectivity index (χ1) is 18.5. The Kier molecular flexibility index (Phi) is 7.41. The van der Waals surface area contributed by atoms with Crippen LogP contribution in [0, 0.1) is 5.82 Å². The van der Waals surface area contributed by atoms with Gasteiger partial charge < -0.3 is 14.8 Å². The highest BCUT2D eigenvalue weighted by Crippen LogP contribution is 2.39. The van der Waals surface area contributed by atoms with Crippen molar-refractivity contribution < 1.29 is 23.5 Å². The quantitative estimate of drug-likeness (QED) is 0.459. The third kappa shape index (κ3) is 5.26. The summed E-state index contributed by atoms with van der Waals surface area (Å²) in [6.07, 6.45) is 0.335. The van der Waals surface area contributed by atoms with Crippen LogP contribution in [-0.4, -0.2) is 47.2 Å². The number of ether oxygens (including phenoxy) is 2. The van der Waals surface area contributed by atoms with Crippen LogP contribution >= 0.6 is 11.8 Å². The van der Waals surface area contributed by atoms with E-state index < -0.39 is 17.2 Å². The van der Waals surface area contributed by atoms with Crippen LogP contribution in [0.5, 0.6) is 11.5 Å². The number of nitrogens with one attached hydrogen (secondary N) is 1. The zero-order valence-electron chi connectivity index (χ0n) is 20.8. The van der Waals surface area contributed by atoms with E-state index in [9.17, 15) is 14.0 Å². The van der Waals surface area contributed by atoms with Gasteiger partial charge in [0.2, 0.25) is 5.91 Å². The molecule has 5 rings (SSSR count). The number of carbonyl (C=O) groups excluding carboxylic acids is 2. The molecule has 0 fully saturated rings. The summed E-state index contributed by atoms with van der Waals surface area (Å²) in [6.45, 7) is 0. The van der Waals surface area contributed by atoms with Crippen molar-refractivity contribution in [2.45, 2.75) is 24.1 Å². The van der Waals surface area contributed by atoms with Crippen molar-refractivity contribution in [3.05, 3.63) is 89.7 Å². The van der Waals surface area contributed by atoms with Gasteiger partial charge in [-0.15, -0.1) is 0 Å². The second-order valence-corrected chi connectivity index (χ2v) is 9.82. The molecule has 3 aromatic rings. The summed E-state index contributed by atoms with van der Waals surface area (Å²) in [5, 5.41) is 8.76. The SMILES string of the molecule is COc1ccc(C2=NN(C3=NC(=O)[C@H](CC(=O)Nc4ccccc4OC)S3)[C@H](c3ccccc3F)C2)cc1. The molecule has 2 aliphatic rings. The molecule has 0 aromatic heterocycles. The molecule has 0 spiro atoms. The monoisotopic (exact) mass is 532 g/mol. The minimum absolute atomic E-state index is 0.0815. The van der Waals surface area contributed by atoms with Crippen LogP contribution in [0.1, 0.15) is 30.0 Å². The van der Waals surface area contributed by atoms with Crippen molar-refractivity contribution in [1.29, 1.82) is 0 Å². The number of aliphatic imine (C=N–C) groups is 1. The van der Waals surface area contributed by atoms with Crippen molar-refractivity contribution >= 4 is 40.1 Å². The Labute approximate surface area is 223 Å². The molecule has 0 aliphatic carbocycles. The van der Waals surface area contributed by atoms with Crippen LogP contribution in [0.4, 0.5) is 10.1 Å². The molecule has 2 heterocycles. The number of halogens is 1. The zero-order valence-corrected chi connectivity index (χ0v) is 21.6. The predicted molar refractivity (Wildman–Crippen MR) is 145 cm³/mol. The fourth-order valence-electron chi connectivity index (χ4n) is 4.35. The average Bonchev–Trinajstić information content (AvgIpc) is 3.53. The highest BCUT2D eigenvalue weighted by atomic mass is 32.2. The van der Waals surface area contributed by atoms with Gasteiger partial charge in [-0.3, -0.25) is 9.59 Å². The van der Waals surface area contributed by atoms with Crippen molar-refractivity contribution in [2.75, 3.05) is 19.5 Å². The fourth-order valence-corrected chi connectivity index (χ4v) is 5.42. The lowest BCUT2D eigenvalue weighted by molar-refractivity contribution is -0.121. The molecule has 0 unspecified atom stereocenters. The third-order valence-electron chi connectivity index (χ3n) is 6.27. The van der Waals surface area contributed by atoms with Gasteiger partial charge in [-0.25, -0.2) is 9.40 Å². The third-order valence-corrected chi connectivity index (χ3v) is 7.42. The van der Waals surface area contributed by atoms with E-state index >= 15 is 0 Å². The number of amides is 2. The Morgan fingerprint density at radius 1 is 1.05 bits per heavy atom. The lowest BCUT2D eigenvalue weighted by atomic mass is 9.98. The summed E-state index contributed by atoms with van der Waals surface area (Å²) in [5.41, 5.74) is 2.56. The maximum Gasteiger partial charge on any atom is 0.262 e. The number of anilines is 1. The van der Waals surface area contributed by atoms with E-state index in [0.717, 1.165) is 23.0 Å². The molecule has 2 amide bonds. The summed E-state index contributed by atoms with van der Waals surface area (Å²) in [4.78, 5) is 29.8. The lowest BCUT2D eigenvalue weighted by Gasteiger charge is -2.23. The second-order valence-electron chi connectivity index (χ2n) is 8.65. The van der Waals surface area contributed by atoms with Gasteiger partial charge in [-0.05, 0) is 48.0 Å². The Balaban J connectivity index is 1.36. The number of hydrogen-bond donors (Lipinski definition) is 1. The van der Waals surface area contributed by atoms with E-state index in [4.69, 9.17) is 14.6 Å². The summed E-state index contributed by atoms with van der Waals surface area (Å²) >= 11 is 1.16. The van der Waals surface area contributed by atoms with Crippen LogP contribution in [0.2, 0.25) is 0 Å². The van der Waals surface area contributed by atoms with Gasteiger partial charge in [-0.1, -0.05) is 42.1 Å². The second kappa shape index (κ2) is 11.1. The molecule has 0 saturated carbocycles. The molecule has 0 radical (unpaired) electrons. The summed E-state index contributed by atoms with van der Waals surface area (Å²) < 4.78 is 25.4. The summed E-state index contributed by atoms with van der Waals surface area (Å²) in [5.74, 6) is 0.0991. The Hall–Kier alpha value is -4.18. The number of methoxy groups -OCH3 is 2. The molecule has 2 atom stereocenters. The van der Waals surface area contributed by atoms with Crippen LogP contribution < -0.4 is 14.8 Å². The molecule has 10 heteroatoms. The van der Waals surface area contributed by atoms with Gasteiger partial charge in [0.05, 0.1) is 31.7 Å². The number of rotatable bonds is 7. The lowest BCUT2D eigenvalue weighted by Crippen LogP contribution is -2.25. The van der Waals surface area contributed by atoms with Crippen LogP contribution in [-0.2, 0) is 9.59 Å². The first-order valence-electron chi connectivity index (χ1n) is 11.9. The minimum atomic E-state index is -0.721. The van der Waals surface area contributed by atoms with E-state index in [1.807, 2.05) is 24.3 Å². The van der Waals surface area contributed by atoms with E-state index in [-0.39, 0.29) is 18.1 Å². The smallest absolute Gasteiger partial charge is 0.262 e. The largest absolute Gasteiger partial charge is 0.497 e. The standard InChI is InChI=1S/C28H25FN4O4S/c1-36-18-13-11-17(12-14-18)22-15-23(19-7-3-4-8-20(19)29)33(32-22)28-31-27(35)25(38-28)16-26(34)30-21-9-5-6-10-24(21)37-2/h3-14,23,25H,15-16H2,1-2H3,(H,30,34)/t23-,25-/m0/s1. The maximum atomic E-state index is 14.9. The number of nitrogens with zero attached hydrogens (tertiary/aromatic N) is 3. The number of para-hydroxylation sites is 2. The Morgan fingerprint density at radius 2 is 1.79 bits per heavy atom. The van der Waals surface area contributed by atoms with Crippen molar-refractivity contribution in [3.63, 3.8) is 0 Å². The molecule has 38 heavy (non-hydrogen) atoms. The highest BCUT2D eigenvalue weighted by Gasteiger charge is 2.40. The predicted octanol–water partition coefficient (Wildman–Crippen LogP) is 5.02. The fraction of sp³-hybridized carbons (Fsp3) is 0.214. The minimum Gasteiger partial charge on any atom is -0.497 e. The first kappa shape index (κ1) is 25.5. The Morgan fingerprint density at radius 3 is 2.53 bits per heavy atom. The number of carbonyl (C=O) groups is 2. The Bertz CT molecular complexity index is 1430. The van der Waals surface area contributed by atoms with Gasteiger partial charge in [0.1, 0.15) is 22.6 Å². The molecule has 0 bridgehead atoms. The highest BCUT2D eigenvalue weighted by molar-refractivity contribution is 8.15. The summed E-state index contributed by atoms with van der Waals surface area (Å²) in [6, 6.07) is 20.5. The van der Waals surface area contributed by atoms with Gasteiger partial charge in [0.15, 0.2) is 5.17 Å². The van der Waals surface area contributed by atoms with E-state index in [1.54, 1.807) is 54.6 Å². The maximum absolute atomic E-state index is 14.9. The molecular formula is C28H25FN4O4S. The van der Waals surface area contributed by atoms with E-state index in [0.29, 0.717) is 34.3 Å². The van der Waals surface area contributed by atoms with E-state index in [1.165, 1.54) is 13.2 Å². The van der Waals surface area contributed by atoms with Crippen molar-refractivity contribution in [2.24, 2.45) is 10.1 Å². The van der Waals surface area contributed by atoms with Gasteiger partial charge in [-0.2, -0.15) is 10.1 Å². The first-order valence-corrected chi connectivity index (χ1v) is 12.8. The molecule has 2 aliphatic heterocycles. The topological polar surface area (TPSA) is 92.6 Å². The molecule has 1 N–H and O–H groups in total. The number of thioether (sulfide) groups is 1. The van der Waals surface area contributed by atoms with Crippen LogP contribution in [0.15, 0.2) is 82.9 Å². The molecular weight excluding hydrogens is 507 g/mol. The molecule has 8 nitrogen and oxygen atoms in total. The number of amidine groups is 1. The number of hydrazone groups is 1. The van der Waals surface area contributed by atoms with Gasteiger partial charge >= 0.3 is 0 Å². The van der Waals surface area contributed by atoms with E-state index in [2.05, 4.69) is 10.3 Å². The van der Waals surface area contributed by atoms with Crippen molar-refractivity contribution in [3.8, 4) is 11.5 Å². The van der Waals surface area contributed by atoms with Crippen LogP contribution in [0.3, 0.4) is 0 Å². The van der Waals surface area contributed by atoms with Gasteiger partial charge in [0.25, 0.3) is 5.91 Å². The van der Waals surface area contributed by atoms with Crippen molar-refractivity contribution in [1.82, 2.24) is 5.01 Å². The molecule has 3 aromatic carbocycles. The number of hydrogen-bond acceptors (Lipinski definition) is 7. The average molecular weight is 533 g/mol. The molecule has 194 valence electrons. The normalized spacial score (nSPS) is 18.7. The van der Waals surface area contributed by atoms with Gasteiger partial charge in [0, 0.05) is 18.4 Å². The van der Waals surface area contributed by atoms with Crippen LogP contribution in [0.25, 0.3) is 0 Å². The molecule has 0 saturated heterocycles. The number of benzene rings is 3.